The molecular weight excluding hydrogens is 343 g/mol. The van der Waals surface area contributed by atoms with Gasteiger partial charge in [0.1, 0.15) is 5.82 Å². The third kappa shape index (κ3) is 4.79. The van der Waals surface area contributed by atoms with E-state index in [-0.39, 0.29) is 17.6 Å². The second kappa shape index (κ2) is 8.27. The van der Waals surface area contributed by atoms with E-state index in [9.17, 15) is 14.0 Å². The van der Waals surface area contributed by atoms with E-state index >= 15 is 0 Å². The lowest BCUT2D eigenvalue weighted by molar-refractivity contribution is 0.0784. The highest BCUT2D eigenvalue weighted by molar-refractivity contribution is 6.05. The molecule has 3 aromatic rings. The molecule has 5 heteroatoms. The molecule has 2 amide bonds. The van der Waals surface area contributed by atoms with Crippen molar-refractivity contribution < 1.29 is 14.0 Å². The summed E-state index contributed by atoms with van der Waals surface area (Å²) in [7, 11) is 1.74. The van der Waals surface area contributed by atoms with Crippen LogP contribution < -0.4 is 5.32 Å². The van der Waals surface area contributed by atoms with Crippen LogP contribution in [0.5, 0.6) is 0 Å². The number of rotatable bonds is 5. The van der Waals surface area contributed by atoms with Crippen molar-refractivity contribution in [1.29, 1.82) is 0 Å². The molecule has 136 valence electrons. The minimum atomic E-state index is -0.365. The van der Waals surface area contributed by atoms with Gasteiger partial charge in [0.05, 0.1) is 0 Å². The Bertz CT molecular complexity index is 923. The third-order valence-electron chi connectivity index (χ3n) is 4.11. The van der Waals surface area contributed by atoms with Gasteiger partial charge in [0.2, 0.25) is 0 Å². The van der Waals surface area contributed by atoms with Gasteiger partial charge in [-0.3, -0.25) is 9.59 Å². The molecule has 0 aliphatic rings. The number of benzene rings is 3. The summed E-state index contributed by atoms with van der Waals surface area (Å²) in [5, 5.41) is 2.69. The zero-order chi connectivity index (χ0) is 19.2. The molecule has 27 heavy (non-hydrogen) atoms. The first-order valence-corrected chi connectivity index (χ1v) is 8.49. The van der Waals surface area contributed by atoms with Gasteiger partial charge in [0.25, 0.3) is 11.8 Å². The topological polar surface area (TPSA) is 49.4 Å². The number of nitrogens with one attached hydrogen (secondary N) is 1. The highest BCUT2D eigenvalue weighted by Crippen LogP contribution is 2.13. The van der Waals surface area contributed by atoms with Gasteiger partial charge in [-0.05, 0) is 54.1 Å². The summed E-state index contributed by atoms with van der Waals surface area (Å²) in [6.45, 7) is 0.506. The number of nitrogens with zero attached hydrogens (tertiary/aromatic N) is 1. The van der Waals surface area contributed by atoms with Crippen LogP contribution in [-0.4, -0.2) is 23.8 Å². The van der Waals surface area contributed by atoms with Crippen LogP contribution in [0.25, 0.3) is 0 Å². The molecule has 0 heterocycles. The fraction of sp³-hybridized carbons (Fsp3) is 0.0909. The summed E-state index contributed by atoms with van der Waals surface area (Å²) >= 11 is 0. The van der Waals surface area contributed by atoms with Crippen LogP contribution >= 0.6 is 0 Å². The van der Waals surface area contributed by atoms with Crippen LogP contribution in [0.1, 0.15) is 26.3 Å². The number of carbonyl (C=O) groups excluding carboxylic acids is 2. The van der Waals surface area contributed by atoms with Crippen molar-refractivity contribution in [3.8, 4) is 0 Å². The van der Waals surface area contributed by atoms with Gasteiger partial charge >= 0.3 is 0 Å². The van der Waals surface area contributed by atoms with Gasteiger partial charge in [0, 0.05) is 30.4 Å². The largest absolute Gasteiger partial charge is 0.337 e. The summed E-state index contributed by atoms with van der Waals surface area (Å²) < 4.78 is 12.9. The molecular formula is C22H19FN2O2. The average Bonchev–Trinajstić information content (AvgIpc) is 2.70. The number of anilines is 1. The maximum absolute atomic E-state index is 12.9. The maximum Gasteiger partial charge on any atom is 0.255 e. The lowest BCUT2D eigenvalue weighted by Crippen LogP contribution is -2.26. The molecule has 0 spiro atoms. The predicted molar refractivity (Wildman–Crippen MR) is 103 cm³/mol. The van der Waals surface area contributed by atoms with E-state index in [1.54, 1.807) is 36.2 Å². The van der Waals surface area contributed by atoms with Gasteiger partial charge < -0.3 is 10.2 Å². The first-order valence-electron chi connectivity index (χ1n) is 8.49. The molecule has 0 saturated carbocycles. The van der Waals surface area contributed by atoms with Crippen molar-refractivity contribution in [2.45, 2.75) is 6.54 Å². The Morgan fingerprint density at radius 1 is 0.852 bits per heavy atom. The first-order chi connectivity index (χ1) is 13.0. The van der Waals surface area contributed by atoms with Crippen molar-refractivity contribution in [3.63, 3.8) is 0 Å². The van der Waals surface area contributed by atoms with Gasteiger partial charge in [-0.2, -0.15) is 0 Å². The van der Waals surface area contributed by atoms with E-state index in [0.717, 1.165) is 5.56 Å². The number of carbonyl (C=O) groups is 2. The number of halogens is 1. The molecule has 3 rings (SSSR count). The summed E-state index contributed by atoms with van der Waals surface area (Å²) in [6, 6.07) is 21.7. The monoisotopic (exact) mass is 362 g/mol. The van der Waals surface area contributed by atoms with Gasteiger partial charge in [-0.1, -0.05) is 30.3 Å². The molecule has 0 aliphatic carbocycles. The zero-order valence-electron chi connectivity index (χ0n) is 14.9. The van der Waals surface area contributed by atoms with Gasteiger partial charge in [-0.25, -0.2) is 4.39 Å². The Kier molecular flexibility index (Phi) is 5.61. The molecule has 0 aromatic heterocycles. The fourth-order valence-electron chi connectivity index (χ4n) is 2.65. The molecule has 4 nitrogen and oxygen atoms in total. The smallest absolute Gasteiger partial charge is 0.255 e. The highest BCUT2D eigenvalue weighted by atomic mass is 19.1. The second-order valence-electron chi connectivity index (χ2n) is 6.19. The highest BCUT2D eigenvalue weighted by Gasteiger charge is 2.13. The molecule has 1 N–H and O–H groups in total. The quantitative estimate of drug-likeness (QED) is 0.734. The summed E-state index contributed by atoms with van der Waals surface area (Å²) in [6.07, 6.45) is 0. The molecule has 0 radical (unpaired) electrons. The Labute approximate surface area is 157 Å². The van der Waals surface area contributed by atoms with E-state index in [4.69, 9.17) is 0 Å². The van der Waals surface area contributed by atoms with Crippen LogP contribution in [-0.2, 0) is 6.54 Å². The van der Waals surface area contributed by atoms with E-state index in [2.05, 4.69) is 5.32 Å². The number of hydrogen-bond donors (Lipinski definition) is 1. The van der Waals surface area contributed by atoms with Gasteiger partial charge in [0.15, 0.2) is 0 Å². The summed E-state index contributed by atoms with van der Waals surface area (Å²) in [5.74, 6) is -0.807. The van der Waals surface area contributed by atoms with Crippen molar-refractivity contribution in [2.24, 2.45) is 0 Å². The van der Waals surface area contributed by atoms with Crippen LogP contribution in [0.15, 0.2) is 78.9 Å². The van der Waals surface area contributed by atoms with Crippen molar-refractivity contribution in [3.05, 3.63) is 101 Å². The van der Waals surface area contributed by atoms with E-state index < -0.39 is 0 Å². The number of hydrogen-bond acceptors (Lipinski definition) is 2. The average molecular weight is 362 g/mol. The molecule has 0 aliphatic heterocycles. The van der Waals surface area contributed by atoms with E-state index in [0.29, 0.717) is 23.4 Å². The Morgan fingerprint density at radius 3 is 2.07 bits per heavy atom. The summed E-state index contributed by atoms with van der Waals surface area (Å²) in [5.41, 5.74) is 2.47. The lowest BCUT2D eigenvalue weighted by atomic mass is 10.1. The minimum absolute atomic E-state index is 0.121. The van der Waals surface area contributed by atoms with Crippen LogP contribution in [0.3, 0.4) is 0 Å². The van der Waals surface area contributed by atoms with Crippen LogP contribution in [0.2, 0.25) is 0 Å². The van der Waals surface area contributed by atoms with E-state index in [1.807, 2.05) is 30.3 Å². The van der Waals surface area contributed by atoms with Crippen molar-refractivity contribution in [1.82, 2.24) is 4.90 Å². The first kappa shape index (κ1) is 18.3. The van der Waals surface area contributed by atoms with Crippen LogP contribution in [0, 0.1) is 5.82 Å². The van der Waals surface area contributed by atoms with Crippen molar-refractivity contribution >= 4 is 17.5 Å². The summed E-state index contributed by atoms with van der Waals surface area (Å²) in [4.78, 5) is 26.4. The normalized spacial score (nSPS) is 10.3. The molecule has 0 fully saturated rings. The Balaban J connectivity index is 1.64. The molecule has 0 saturated heterocycles. The maximum atomic E-state index is 12.9. The Morgan fingerprint density at radius 2 is 1.44 bits per heavy atom. The lowest BCUT2D eigenvalue weighted by Gasteiger charge is -2.17. The van der Waals surface area contributed by atoms with Crippen molar-refractivity contribution in [2.75, 3.05) is 12.4 Å². The number of amides is 2. The minimum Gasteiger partial charge on any atom is -0.337 e. The molecule has 0 unspecified atom stereocenters. The second-order valence-corrected chi connectivity index (χ2v) is 6.19. The zero-order valence-corrected chi connectivity index (χ0v) is 14.9. The standard InChI is InChI=1S/C22H19FN2O2/c1-25(15-16-5-3-2-4-6-16)22(27)18-9-7-17(8-10-18)21(26)24-20-13-11-19(23)12-14-20/h2-14H,15H2,1H3,(H,24,26). The molecule has 0 atom stereocenters. The predicted octanol–water partition coefficient (Wildman–Crippen LogP) is 4.35. The van der Waals surface area contributed by atoms with Crippen LogP contribution in [0.4, 0.5) is 10.1 Å². The van der Waals surface area contributed by atoms with Gasteiger partial charge in [-0.15, -0.1) is 0 Å². The fourth-order valence-corrected chi connectivity index (χ4v) is 2.65. The van der Waals surface area contributed by atoms with E-state index in [1.165, 1.54) is 24.3 Å². The Hall–Kier alpha value is -3.47. The SMILES string of the molecule is CN(Cc1ccccc1)C(=O)c1ccc(C(=O)Nc2ccc(F)cc2)cc1. The molecule has 0 bridgehead atoms. The third-order valence-corrected chi connectivity index (χ3v) is 4.11. The molecule has 3 aromatic carbocycles.